The van der Waals surface area contributed by atoms with Crippen molar-refractivity contribution < 1.29 is 4.79 Å². The fraction of sp³-hybridized carbons (Fsp3) is 0.429. The number of rotatable bonds is 4. The first kappa shape index (κ1) is 14.3. The van der Waals surface area contributed by atoms with Gasteiger partial charge in [-0.2, -0.15) is 11.8 Å². The van der Waals surface area contributed by atoms with Crippen molar-refractivity contribution in [1.29, 1.82) is 0 Å². The van der Waals surface area contributed by atoms with Crippen molar-refractivity contribution in [3.8, 4) is 0 Å². The number of anilines is 1. The van der Waals surface area contributed by atoms with Crippen molar-refractivity contribution in [2.24, 2.45) is 11.7 Å². The minimum Gasteiger partial charge on any atom is -0.389 e. The molecule has 3 nitrogen and oxygen atoms in total. The molecule has 3 N–H and O–H groups in total. The summed E-state index contributed by atoms with van der Waals surface area (Å²) in [7, 11) is 0. The maximum absolute atomic E-state index is 12.0. The highest BCUT2D eigenvalue weighted by Crippen LogP contribution is 2.25. The number of hydrogen-bond acceptors (Lipinski definition) is 3. The van der Waals surface area contributed by atoms with Crippen molar-refractivity contribution in [2.75, 3.05) is 16.8 Å². The van der Waals surface area contributed by atoms with Crippen LogP contribution in [-0.2, 0) is 4.79 Å². The summed E-state index contributed by atoms with van der Waals surface area (Å²) in [6.07, 6.45) is 2.90. The lowest BCUT2D eigenvalue weighted by Crippen LogP contribution is -2.20. The Morgan fingerprint density at radius 1 is 1.42 bits per heavy atom. The number of amides is 1. The molecule has 0 bridgehead atoms. The van der Waals surface area contributed by atoms with Crippen LogP contribution >= 0.6 is 24.0 Å². The number of benzene rings is 1. The van der Waals surface area contributed by atoms with Crippen molar-refractivity contribution in [3.63, 3.8) is 0 Å². The molecule has 1 aliphatic heterocycles. The Morgan fingerprint density at radius 3 is 2.84 bits per heavy atom. The first-order valence-corrected chi connectivity index (χ1v) is 7.99. The molecule has 0 aromatic heterocycles. The number of thioether (sulfide) groups is 1. The molecular weight excluding hydrogens is 276 g/mol. The van der Waals surface area contributed by atoms with E-state index in [1.54, 1.807) is 0 Å². The Morgan fingerprint density at radius 2 is 2.16 bits per heavy atom. The number of nitrogens with two attached hydrogens (primary N) is 1. The van der Waals surface area contributed by atoms with E-state index in [2.05, 4.69) is 5.32 Å². The smallest absolute Gasteiger partial charge is 0.224 e. The van der Waals surface area contributed by atoms with Gasteiger partial charge in [0.25, 0.3) is 0 Å². The summed E-state index contributed by atoms with van der Waals surface area (Å²) in [6.45, 7) is 0. The topological polar surface area (TPSA) is 55.1 Å². The summed E-state index contributed by atoms with van der Waals surface area (Å²) in [5.74, 6) is 2.96. The molecule has 1 aliphatic rings. The third-order valence-corrected chi connectivity index (χ3v) is 4.53. The van der Waals surface area contributed by atoms with Crippen molar-refractivity contribution in [2.45, 2.75) is 19.3 Å². The zero-order valence-electron chi connectivity index (χ0n) is 10.7. The van der Waals surface area contributed by atoms with Gasteiger partial charge in [-0.25, -0.2) is 0 Å². The van der Waals surface area contributed by atoms with Crippen LogP contribution in [0.15, 0.2) is 24.3 Å². The van der Waals surface area contributed by atoms with Crippen LogP contribution in [0.2, 0.25) is 0 Å². The second-order valence-electron chi connectivity index (χ2n) is 4.75. The molecule has 2 rings (SSSR count). The molecule has 0 spiro atoms. The number of hydrogen-bond donors (Lipinski definition) is 2. The van der Waals surface area contributed by atoms with Crippen LogP contribution in [0.5, 0.6) is 0 Å². The second kappa shape index (κ2) is 6.91. The SMILES string of the molecule is NC(=S)c1cccc(NC(=O)CC2CCSCC2)c1. The van der Waals surface area contributed by atoms with Crippen molar-refractivity contribution >= 4 is 40.6 Å². The molecule has 102 valence electrons. The first-order chi connectivity index (χ1) is 9.15. The molecule has 1 aromatic carbocycles. The lowest BCUT2D eigenvalue weighted by molar-refractivity contribution is -0.117. The van der Waals surface area contributed by atoms with Gasteiger partial charge < -0.3 is 11.1 Å². The molecule has 1 fully saturated rings. The molecule has 0 unspecified atom stereocenters. The molecule has 0 atom stereocenters. The van der Waals surface area contributed by atoms with Gasteiger partial charge in [-0.3, -0.25) is 4.79 Å². The minimum absolute atomic E-state index is 0.0805. The molecular formula is C14H18N2OS2. The number of nitrogens with one attached hydrogen (secondary N) is 1. The summed E-state index contributed by atoms with van der Waals surface area (Å²) in [4.78, 5) is 12.3. The average Bonchev–Trinajstić information content (AvgIpc) is 2.40. The van der Waals surface area contributed by atoms with Gasteiger partial charge in [-0.05, 0) is 42.4 Å². The average molecular weight is 294 g/mol. The Balaban J connectivity index is 1.90. The largest absolute Gasteiger partial charge is 0.389 e. The monoisotopic (exact) mass is 294 g/mol. The molecule has 1 aromatic rings. The van der Waals surface area contributed by atoms with E-state index in [-0.39, 0.29) is 5.91 Å². The van der Waals surface area contributed by atoms with Gasteiger partial charge in [0.05, 0.1) is 0 Å². The molecule has 1 saturated heterocycles. The zero-order valence-corrected chi connectivity index (χ0v) is 12.4. The molecule has 5 heteroatoms. The van der Waals surface area contributed by atoms with E-state index in [0.29, 0.717) is 17.3 Å². The molecule has 0 aliphatic carbocycles. The highest BCUT2D eigenvalue weighted by Gasteiger charge is 2.17. The summed E-state index contributed by atoms with van der Waals surface area (Å²) in [6, 6.07) is 7.37. The van der Waals surface area contributed by atoms with E-state index < -0.39 is 0 Å². The van der Waals surface area contributed by atoms with E-state index >= 15 is 0 Å². The van der Waals surface area contributed by atoms with E-state index in [4.69, 9.17) is 18.0 Å². The van der Waals surface area contributed by atoms with Gasteiger partial charge >= 0.3 is 0 Å². The summed E-state index contributed by atoms with van der Waals surface area (Å²) in [5, 5.41) is 2.92. The van der Waals surface area contributed by atoms with Gasteiger partial charge in [0.1, 0.15) is 4.99 Å². The third kappa shape index (κ3) is 4.51. The molecule has 1 amide bonds. The van der Waals surface area contributed by atoms with Gasteiger partial charge in [0, 0.05) is 17.7 Å². The van der Waals surface area contributed by atoms with Gasteiger partial charge in [-0.1, -0.05) is 24.4 Å². The Bertz CT molecular complexity index is 470. The van der Waals surface area contributed by atoms with Crippen LogP contribution in [0.25, 0.3) is 0 Å². The quantitative estimate of drug-likeness (QED) is 0.839. The van der Waals surface area contributed by atoms with Crippen LogP contribution < -0.4 is 11.1 Å². The van der Waals surface area contributed by atoms with Gasteiger partial charge in [-0.15, -0.1) is 0 Å². The number of carbonyl (C=O) groups is 1. The van der Waals surface area contributed by atoms with Crippen LogP contribution in [-0.4, -0.2) is 22.4 Å². The summed E-state index contributed by atoms with van der Waals surface area (Å²) in [5.41, 5.74) is 7.12. The maximum Gasteiger partial charge on any atom is 0.224 e. The van der Waals surface area contributed by atoms with E-state index in [9.17, 15) is 4.79 Å². The Labute approximate surface area is 123 Å². The van der Waals surface area contributed by atoms with Gasteiger partial charge in [0.2, 0.25) is 5.91 Å². The van der Waals surface area contributed by atoms with Crippen LogP contribution in [0, 0.1) is 5.92 Å². The van der Waals surface area contributed by atoms with Crippen LogP contribution in [0.1, 0.15) is 24.8 Å². The van der Waals surface area contributed by atoms with Crippen molar-refractivity contribution in [1.82, 2.24) is 0 Å². The first-order valence-electron chi connectivity index (χ1n) is 6.42. The van der Waals surface area contributed by atoms with E-state index in [1.165, 1.54) is 11.5 Å². The van der Waals surface area contributed by atoms with Gasteiger partial charge in [0.15, 0.2) is 0 Å². The van der Waals surface area contributed by atoms with E-state index in [0.717, 1.165) is 24.1 Å². The lowest BCUT2D eigenvalue weighted by atomic mass is 9.98. The third-order valence-electron chi connectivity index (χ3n) is 3.25. The Kier molecular flexibility index (Phi) is 5.22. The Hall–Kier alpha value is -1.07. The summed E-state index contributed by atoms with van der Waals surface area (Å²) < 4.78 is 0. The van der Waals surface area contributed by atoms with Crippen LogP contribution in [0.4, 0.5) is 5.69 Å². The molecule has 19 heavy (non-hydrogen) atoms. The standard InChI is InChI=1S/C14H18N2OS2/c15-14(18)11-2-1-3-12(9-11)16-13(17)8-10-4-6-19-7-5-10/h1-3,9-10H,4-8H2,(H2,15,18)(H,16,17). The van der Waals surface area contributed by atoms with Crippen LogP contribution in [0.3, 0.4) is 0 Å². The fourth-order valence-electron chi connectivity index (χ4n) is 2.17. The molecule has 1 heterocycles. The predicted molar refractivity (Wildman–Crippen MR) is 85.6 cm³/mol. The highest BCUT2D eigenvalue weighted by atomic mass is 32.2. The second-order valence-corrected chi connectivity index (χ2v) is 6.42. The maximum atomic E-state index is 12.0. The molecule has 0 saturated carbocycles. The lowest BCUT2D eigenvalue weighted by Gasteiger charge is -2.20. The normalized spacial score (nSPS) is 16.0. The highest BCUT2D eigenvalue weighted by molar-refractivity contribution is 7.99. The zero-order chi connectivity index (χ0) is 13.7. The summed E-state index contributed by atoms with van der Waals surface area (Å²) >= 11 is 6.90. The fourth-order valence-corrected chi connectivity index (χ4v) is 3.51. The minimum atomic E-state index is 0.0805. The predicted octanol–water partition coefficient (Wildman–Crippen LogP) is 2.79. The van der Waals surface area contributed by atoms with E-state index in [1.807, 2.05) is 36.0 Å². The van der Waals surface area contributed by atoms with Crippen molar-refractivity contribution in [3.05, 3.63) is 29.8 Å². The number of carbonyl (C=O) groups excluding carboxylic acids is 1. The molecule has 0 radical (unpaired) electrons. The number of thiocarbonyl (C=S) groups is 1.